The van der Waals surface area contributed by atoms with E-state index >= 15 is 0 Å². The number of β-lactam (4-membered cyclic amide) rings is 1. The van der Waals surface area contributed by atoms with E-state index in [-0.39, 0.29) is 17.0 Å². The predicted molar refractivity (Wildman–Crippen MR) is 127 cm³/mol. The maximum absolute atomic E-state index is 12.9. The Kier molecular flexibility index (Phi) is 6.51. The van der Waals surface area contributed by atoms with E-state index in [0.717, 1.165) is 0 Å². The molecule has 1 aromatic carbocycles. The van der Waals surface area contributed by atoms with E-state index in [1.54, 1.807) is 36.4 Å². The van der Waals surface area contributed by atoms with E-state index in [0.29, 0.717) is 27.7 Å². The molecule has 1 saturated heterocycles. The zero-order valence-electron chi connectivity index (χ0n) is 18.6. The summed E-state index contributed by atoms with van der Waals surface area (Å²) in [6.45, 7) is 0. The highest BCUT2D eigenvalue weighted by Gasteiger charge is 2.54. The molecule has 2 aliphatic rings. The molecule has 36 heavy (non-hydrogen) atoms. The third-order valence-corrected chi connectivity index (χ3v) is 8.01. The summed E-state index contributed by atoms with van der Waals surface area (Å²) in [4.78, 5) is 38.9. The van der Waals surface area contributed by atoms with Crippen molar-refractivity contribution in [3.8, 4) is 5.75 Å². The van der Waals surface area contributed by atoms with Gasteiger partial charge in [0.25, 0.3) is 11.8 Å². The Labute approximate surface area is 211 Å². The van der Waals surface area contributed by atoms with Crippen molar-refractivity contribution in [2.75, 3.05) is 18.6 Å². The topological polar surface area (TPSA) is 172 Å². The van der Waals surface area contributed by atoms with E-state index in [1.165, 1.54) is 40.2 Å². The number of aromatic nitrogens is 5. The van der Waals surface area contributed by atoms with Crippen molar-refractivity contribution in [3.05, 3.63) is 53.2 Å². The van der Waals surface area contributed by atoms with Crippen LogP contribution >= 0.6 is 23.5 Å². The third-order valence-electron chi connectivity index (χ3n) is 5.67. The van der Waals surface area contributed by atoms with E-state index in [9.17, 15) is 24.6 Å². The lowest BCUT2D eigenvalue weighted by Crippen LogP contribution is -2.70. The van der Waals surface area contributed by atoms with Gasteiger partial charge in [0.1, 0.15) is 27.9 Å². The number of carbonyl (C=O) groups excluding carboxylic acids is 2. The molecule has 3 N–H and O–H groups in total. The Bertz CT molecular complexity index is 1400. The smallest absolute Gasteiger partial charge is 0.352 e. The normalized spacial score (nSPS) is 20.1. The molecule has 0 radical (unpaired) electrons. The van der Waals surface area contributed by atoms with Crippen LogP contribution in [-0.2, 0) is 14.4 Å². The van der Waals surface area contributed by atoms with Crippen molar-refractivity contribution in [1.29, 1.82) is 0 Å². The van der Waals surface area contributed by atoms with Gasteiger partial charge in [-0.15, -0.1) is 38.4 Å². The number of fused-ring (bicyclic) bond motifs is 2. The number of ether oxygens (including phenoxy) is 1. The van der Waals surface area contributed by atoms with Gasteiger partial charge in [-0.2, -0.15) is 0 Å². The number of nitrogens with zero attached hydrogens (tertiary/aromatic N) is 6. The summed E-state index contributed by atoms with van der Waals surface area (Å²) in [6, 6.07) is 8.98. The van der Waals surface area contributed by atoms with Gasteiger partial charge in [-0.25, -0.2) is 4.79 Å². The number of rotatable bonds is 8. The summed E-state index contributed by atoms with van der Waals surface area (Å²) < 4.78 is 6.45. The first-order valence-electron chi connectivity index (χ1n) is 10.6. The van der Waals surface area contributed by atoms with Gasteiger partial charge in [0, 0.05) is 17.1 Å². The van der Waals surface area contributed by atoms with Gasteiger partial charge in [0.15, 0.2) is 11.8 Å². The lowest BCUT2D eigenvalue weighted by molar-refractivity contribution is -0.151. The number of carboxylic acids is 1. The highest BCUT2D eigenvalue weighted by atomic mass is 32.2. The Morgan fingerprint density at radius 2 is 2.11 bits per heavy atom. The molecule has 186 valence electrons. The second-order valence-electron chi connectivity index (χ2n) is 7.78. The quantitative estimate of drug-likeness (QED) is 0.266. The number of nitrogens with one attached hydrogen (secondary N) is 1. The molecule has 15 heteroatoms. The molecule has 5 rings (SSSR count). The number of para-hydroxylation sites is 1. The molecule has 1 fully saturated rings. The van der Waals surface area contributed by atoms with Crippen LogP contribution < -0.4 is 10.1 Å². The van der Waals surface area contributed by atoms with Crippen molar-refractivity contribution in [2.45, 2.75) is 22.5 Å². The maximum atomic E-state index is 12.9. The lowest BCUT2D eigenvalue weighted by Gasteiger charge is -2.49. The highest BCUT2D eigenvalue weighted by molar-refractivity contribution is 8.01. The van der Waals surface area contributed by atoms with Crippen LogP contribution in [0, 0.1) is 0 Å². The first-order chi connectivity index (χ1) is 17.4. The Balaban J connectivity index is 1.29. The van der Waals surface area contributed by atoms with Crippen LogP contribution in [0.15, 0.2) is 52.7 Å². The van der Waals surface area contributed by atoms with Crippen LogP contribution in [0.2, 0.25) is 0 Å². The van der Waals surface area contributed by atoms with Crippen molar-refractivity contribution < 1.29 is 29.3 Å². The first kappa shape index (κ1) is 24.0. The van der Waals surface area contributed by atoms with Crippen LogP contribution in [0.5, 0.6) is 5.75 Å². The number of thioether (sulfide) groups is 2. The minimum absolute atomic E-state index is 0.101. The Morgan fingerprint density at radius 3 is 2.89 bits per heavy atom. The predicted octanol–water partition coefficient (Wildman–Crippen LogP) is 0.0922. The molecular weight excluding hydrogens is 510 g/mol. The molecule has 13 nitrogen and oxygen atoms in total. The van der Waals surface area contributed by atoms with Crippen molar-refractivity contribution >= 4 is 47.0 Å². The van der Waals surface area contributed by atoms with Gasteiger partial charge in [0.05, 0.1) is 7.11 Å². The average Bonchev–Trinajstić information content (AvgIpc) is 3.37. The standard InChI is InChI=1S/C21H19N7O6S2/c1-34-12-5-3-2-4-11(12)17(29)18(30)22-15-19(31)27-16(21(32)33)10(9-36-20(15)27)8-35-14-7-6-13-23-25-26-28(13)24-14/h2-7,15,17,20,29H,8-9H2,1H3,(H,22,30)(H,32,33)/t15?,17-,20-/m1/s1. The molecule has 0 spiro atoms. The summed E-state index contributed by atoms with van der Waals surface area (Å²) in [7, 11) is 1.42. The number of aliphatic hydroxyl groups excluding tert-OH is 1. The summed E-state index contributed by atoms with van der Waals surface area (Å²) >= 11 is 2.64. The number of benzene rings is 1. The zero-order valence-corrected chi connectivity index (χ0v) is 20.3. The zero-order chi connectivity index (χ0) is 25.4. The fourth-order valence-corrected chi connectivity index (χ4v) is 6.27. The van der Waals surface area contributed by atoms with E-state index in [1.807, 2.05) is 0 Å². The molecule has 0 aliphatic carbocycles. The van der Waals surface area contributed by atoms with Gasteiger partial charge >= 0.3 is 5.97 Å². The molecule has 2 aromatic heterocycles. The Hall–Kier alpha value is -3.69. The van der Waals surface area contributed by atoms with E-state index in [2.05, 4.69) is 25.9 Å². The molecule has 0 bridgehead atoms. The second kappa shape index (κ2) is 9.75. The summed E-state index contributed by atoms with van der Waals surface area (Å²) in [5.74, 6) is -1.59. The molecule has 3 aromatic rings. The van der Waals surface area contributed by atoms with Crippen LogP contribution in [0.4, 0.5) is 0 Å². The molecule has 0 saturated carbocycles. The van der Waals surface area contributed by atoms with Gasteiger partial charge in [0.2, 0.25) is 0 Å². The van der Waals surface area contributed by atoms with Gasteiger partial charge in [-0.1, -0.05) is 18.2 Å². The number of aliphatic hydroxyl groups is 1. The van der Waals surface area contributed by atoms with Crippen molar-refractivity contribution in [3.63, 3.8) is 0 Å². The van der Waals surface area contributed by atoms with Crippen LogP contribution in [0.25, 0.3) is 5.65 Å². The van der Waals surface area contributed by atoms with Crippen LogP contribution in [0.1, 0.15) is 11.7 Å². The van der Waals surface area contributed by atoms with Crippen molar-refractivity contribution in [2.24, 2.45) is 0 Å². The number of carbonyl (C=O) groups is 3. The molecule has 2 amide bonds. The minimum Gasteiger partial charge on any atom is -0.496 e. The minimum atomic E-state index is -1.55. The Morgan fingerprint density at radius 1 is 1.31 bits per heavy atom. The fourth-order valence-electron chi connectivity index (χ4n) is 3.93. The first-order valence-corrected chi connectivity index (χ1v) is 12.6. The van der Waals surface area contributed by atoms with E-state index < -0.39 is 35.3 Å². The summed E-state index contributed by atoms with van der Waals surface area (Å²) in [5, 5.41) is 38.2. The van der Waals surface area contributed by atoms with Gasteiger partial charge < -0.3 is 20.3 Å². The van der Waals surface area contributed by atoms with Crippen molar-refractivity contribution in [1.82, 2.24) is 35.5 Å². The van der Waals surface area contributed by atoms with Crippen LogP contribution in [-0.4, -0.2) is 88.2 Å². The molecule has 2 aliphatic heterocycles. The number of tetrazole rings is 1. The number of hydrogen-bond acceptors (Lipinski definition) is 11. The molecular formula is C21H19N7O6S2. The molecule has 4 heterocycles. The number of methoxy groups -OCH3 is 1. The monoisotopic (exact) mass is 529 g/mol. The van der Waals surface area contributed by atoms with Crippen LogP contribution in [0.3, 0.4) is 0 Å². The third kappa shape index (κ3) is 4.25. The SMILES string of the molecule is COc1ccccc1[C@@H](O)C(=O)NC1C(=O)N2C(C(=O)O)=C(CSc3ccc4nnnn4n3)CS[C@H]12. The largest absolute Gasteiger partial charge is 0.496 e. The number of aliphatic carboxylic acids is 1. The second-order valence-corrected chi connectivity index (χ2v) is 9.89. The summed E-state index contributed by atoms with van der Waals surface area (Å²) in [5.41, 5.74) is 1.20. The fraction of sp³-hybridized carbons (Fsp3) is 0.286. The summed E-state index contributed by atoms with van der Waals surface area (Å²) in [6.07, 6.45) is -1.55. The lowest BCUT2D eigenvalue weighted by atomic mass is 10.0. The number of amides is 2. The maximum Gasteiger partial charge on any atom is 0.352 e. The molecule has 3 atom stereocenters. The number of hydrogen-bond donors (Lipinski definition) is 3. The van der Waals surface area contributed by atoms with Gasteiger partial charge in [-0.3, -0.25) is 14.5 Å². The molecule has 1 unspecified atom stereocenters. The number of carboxylic acid groups (broad SMARTS) is 1. The van der Waals surface area contributed by atoms with Gasteiger partial charge in [-0.05, 0) is 34.2 Å². The highest BCUT2D eigenvalue weighted by Crippen LogP contribution is 2.41. The van der Waals surface area contributed by atoms with E-state index in [4.69, 9.17) is 4.74 Å². The average molecular weight is 530 g/mol.